The number of hydrogen-bond acceptors (Lipinski definition) is 4. The van der Waals surface area contributed by atoms with Gasteiger partial charge in [-0.05, 0) is 24.3 Å². The second-order valence-electron chi connectivity index (χ2n) is 5.57. The van der Waals surface area contributed by atoms with Gasteiger partial charge in [-0.3, -0.25) is 14.5 Å². The summed E-state index contributed by atoms with van der Waals surface area (Å²) in [7, 11) is 0. The van der Waals surface area contributed by atoms with Crippen molar-refractivity contribution in [3.63, 3.8) is 0 Å². The van der Waals surface area contributed by atoms with E-state index in [1.807, 2.05) is 6.07 Å². The Balaban J connectivity index is 1.85. The van der Waals surface area contributed by atoms with Crippen molar-refractivity contribution >= 4 is 39.9 Å². The van der Waals surface area contributed by atoms with Gasteiger partial charge in [0.1, 0.15) is 11.6 Å². The SMILES string of the molecule is CC(=O)N(c1nc(C=CC(=O)c2ccccc2)cs1)c1ccc(F)cc1F. The first-order chi connectivity index (χ1) is 13.0. The molecular weight excluding hydrogens is 370 g/mol. The maximum absolute atomic E-state index is 14.1. The predicted octanol–water partition coefficient (Wildman–Crippen LogP) is 5.00. The normalized spacial score (nSPS) is 10.9. The van der Waals surface area contributed by atoms with E-state index in [0.29, 0.717) is 17.3 Å². The van der Waals surface area contributed by atoms with Crippen LogP contribution in [-0.2, 0) is 4.79 Å². The summed E-state index contributed by atoms with van der Waals surface area (Å²) >= 11 is 1.11. The molecule has 1 amide bonds. The summed E-state index contributed by atoms with van der Waals surface area (Å²) in [5, 5.41) is 1.86. The van der Waals surface area contributed by atoms with E-state index in [4.69, 9.17) is 0 Å². The van der Waals surface area contributed by atoms with Crippen molar-refractivity contribution in [1.82, 2.24) is 4.98 Å². The molecule has 0 unspecified atom stereocenters. The van der Waals surface area contributed by atoms with Crippen molar-refractivity contribution < 1.29 is 18.4 Å². The molecule has 3 rings (SSSR count). The molecule has 0 saturated carbocycles. The number of anilines is 2. The lowest BCUT2D eigenvalue weighted by molar-refractivity contribution is -0.115. The largest absolute Gasteiger partial charge is 0.289 e. The van der Waals surface area contributed by atoms with Crippen LogP contribution in [0.4, 0.5) is 19.6 Å². The molecule has 0 spiro atoms. The highest BCUT2D eigenvalue weighted by Gasteiger charge is 2.21. The molecule has 0 N–H and O–H groups in total. The number of amides is 1. The number of rotatable bonds is 5. The molecular formula is C20H14F2N2O2S. The Morgan fingerprint density at radius 1 is 1.11 bits per heavy atom. The molecule has 0 bridgehead atoms. The average molecular weight is 384 g/mol. The highest BCUT2D eigenvalue weighted by atomic mass is 32.1. The number of thiazole rings is 1. The van der Waals surface area contributed by atoms with Gasteiger partial charge in [-0.15, -0.1) is 11.3 Å². The van der Waals surface area contributed by atoms with Gasteiger partial charge >= 0.3 is 0 Å². The van der Waals surface area contributed by atoms with Crippen LogP contribution >= 0.6 is 11.3 Å². The fourth-order valence-electron chi connectivity index (χ4n) is 2.39. The standard InChI is InChI=1S/C20H14F2N2O2S/c1-13(25)24(18-9-7-15(21)11-17(18)22)20-23-16(12-27-20)8-10-19(26)14-5-3-2-4-6-14/h2-12H,1H3. The third-order valence-corrected chi connectivity index (χ3v) is 4.47. The van der Waals surface area contributed by atoms with Crippen LogP contribution in [0.25, 0.3) is 6.08 Å². The van der Waals surface area contributed by atoms with E-state index in [9.17, 15) is 18.4 Å². The maximum Gasteiger partial charge on any atom is 0.230 e. The molecule has 27 heavy (non-hydrogen) atoms. The molecule has 0 atom stereocenters. The van der Waals surface area contributed by atoms with E-state index >= 15 is 0 Å². The molecule has 0 aliphatic heterocycles. The van der Waals surface area contributed by atoms with Crippen LogP contribution in [0.1, 0.15) is 23.0 Å². The zero-order valence-corrected chi connectivity index (χ0v) is 15.0. The molecule has 0 aliphatic rings. The second kappa shape index (κ2) is 8.01. The van der Waals surface area contributed by atoms with E-state index in [2.05, 4.69) is 4.98 Å². The van der Waals surface area contributed by atoms with Crippen LogP contribution in [0.3, 0.4) is 0 Å². The van der Waals surface area contributed by atoms with Crippen molar-refractivity contribution in [2.24, 2.45) is 0 Å². The summed E-state index contributed by atoms with van der Waals surface area (Å²) in [6, 6.07) is 11.7. The molecule has 0 fully saturated rings. The fourth-order valence-corrected chi connectivity index (χ4v) is 3.23. The number of carbonyl (C=O) groups is 2. The van der Waals surface area contributed by atoms with E-state index in [-0.39, 0.29) is 16.6 Å². The Morgan fingerprint density at radius 3 is 2.52 bits per heavy atom. The fraction of sp³-hybridized carbons (Fsp3) is 0.0500. The van der Waals surface area contributed by atoms with Crippen molar-refractivity contribution in [1.29, 1.82) is 0 Å². The Labute approximate surface area is 158 Å². The average Bonchev–Trinajstić information content (AvgIpc) is 3.10. The van der Waals surface area contributed by atoms with Crippen LogP contribution < -0.4 is 4.90 Å². The highest BCUT2D eigenvalue weighted by molar-refractivity contribution is 7.14. The van der Waals surface area contributed by atoms with Crippen LogP contribution in [0.2, 0.25) is 0 Å². The number of carbonyl (C=O) groups excluding carboxylic acids is 2. The molecule has 0 radical (unpaired) electrons. The first-order valence-corrected chi connectivity index (χ1v) is 8.82. The molecule has 2 aromatic carbocycles. The minimum Gasteiger partial charge on any atom is -0.289 e. The zero-order valence-electron chi connectivity index (χ0n) is 14.2. The predicted molar refractivity (Wildman–Crippen MR) is 101 cm³/mol. The highest BCUT2D eigenvalue weighted by Crippen LogP contribution is 2.31. The lowest BCUT2D eigenvalue weighted by Gasteiger charge is -2.18. The minimum absolute atomic E-state index is 0.0888. The van der Waals surface area contributed by atoms with E-state index < -0.39 is 17.5 Å². The summed E-state index contributed by atoms with van der Waals surface area (Å²) in [5.41, 5.74) is 0.908. The van der Waals surface area contributed by atoms with Crippen molar-refractivity contribution in [3.05, 3.63) is 82.9 Å². The molecule has 4 nitrogen and oxygen atoms in total. The molecule has 3 aromatic rings. The number of halogens is 2. The third-order valence-electron chi connectivity index (χ3n) is 3.63. The summed E-state index contributed by atoms with van der Waals surface area (Å²) < 4.78 is 27.2. The molecule has 1 heterocycles. The summed E-state index contributed by atoms with van der Waals surface area (Å²) in [5.74, 6) is -2.25. The van der Waals surface area contributed by atoms with E-state index in [0.717, 1.165) is 22.3 Å². The van der Waals surface area contributed by atoms with Crippen LogP contribution in [0.5, 0.6) is 0 Å². The lowest BCUT2D eigenvalue weighted by atomic mass is 10.1. The number of allylic oxidation sites excluding steroid dienone is 1. The van der Waals surface area contributed by atoms with Gasteiger partial charge in [-0.2, -0.15) is 0 Å². The molecule has 0 aliphatic carbocycles. The Kier molecular flexibility index (Phi) is 5.52. The Morgan fingerprint density at radius 2 is 1.85 bits per heavy atom. The third kappa shape index (κ3) is 4.32. The first-order valence-electron chi connectivity index (χ1n) is 7.94. The van der Waals surface area contributed by atoms with E-state index in [1.165, 1.54) is 25.1 Å². The summed E-state index contributed by atoms with van der Waals surface area (Å²) in [6.07, 6.45) is 2.90. The van der Waals surface area contributed by atoms with Crippen molar-refractivity contribution in [3.8, 4) is 0 Å². The van der Waals surface area contributed by atoms with Gasteiger partial charge < -0.3 is 0 Å². The van der Waals surface area contributed by atoms with Gasteiger partial charge in [0, 0.05) is 23.9 Å². The minimum atomic E-state index is -0.864. The monoisotopic (exact) mass is 384 g/mol. The van der Waals surface area contributed by atoms with Crippen molar-refractivity contribution in [2.45, 2.75) is 6.92 Å². The quantitative estimate of drug-likeness (QED) is 0.459. The van der Waals surface area contributed by atoms with Gasteiger partial charge in [0.15, 0.2) is 10.9 Å². The molecule has 0 saturated heterocycles. The maximum atomic E-state index is 14.1. The number of hydrogen-bond donors (Lipinski definition) is 0. The number of benzene rings is 2. The smallest absolute Gasteiger partial charge is 0.230 e. The van der Waals surface area contributed by atoms with Crippen molar-refractivity contribution in [2.75, 3.05) is 4.90 Å². The molecule has 136 valence electrons. The zero-order chi connectivity index (χ0) is 19.4. The summed E-state index contributed by atoms with van der Waals surface area (Å²) in [6.45, 7) is 1.26. The second-order valence-corrected chi connectivity index (χ2v) is 6.41. The summed E-state index contributed by atoms with van der Waals surface area (Å²) in [4.78, 5) is 29.4. The Hall–Kier alpha value is -3.19. The van der Waals surface area contributed by atoms with Gasteiger partial charge in [0.05, 0.1) is 11.4 Å². The van der Waals surface area contributed by atoms with Crippen LogP contribution in [-0.4, -0.2) is 16.7 Å². The topological polar surface area (TPSA) is 50.3 Å². The number of aromatic nitrogens is 1. The van der Waals surface area contributed by atoms with E-state index in [1.54, 1.807) is 29.6 Å². The molecule has 7 heteroatoms. The number of nitrogens with zero attached hydrogens (tertiary/aromatic N) is 2. The van der Waals surface area contributed by atoms with Gasteiger partial charge in [0.25, 0.3) is 0 Å². The van der Waals surface area contributed by atoms with Gasteiger partial charge in [-0.25, -0.2) is 13.8 Å². The van der Waals surface area contributed by atoms with Gasteiger partial charge in [0.2, 0.25) is 5.91 Å². The Bertz CT molecular complexity index is 1020. The first kappa shape index (κ1) is 18.6. The van der Waals surface area contributed by atoms with Gasteiger partial charge in [-0.1, -0.05) is 30.3 Å². The lowest BCUT2D eigenvalue weighted by Crippen LogP contribution is -2.23. The molecule has 1 aromatic heterocycles. The van der Waals surface area contributed by atoms with Crippen LogP contribution in [0, 0.1) is 11.6 Å². The number of ketones is 1. The van der Waals surface area contributed by atoms with Crippen LogP contribution in [0.15, 0.2) is 60.0 Å².